The van der Waals surface area contributed by atoms with E-state index in [0.29, 0.717) is 0 Å². The van der Waals surface area contributed by atoms with Gasteiger partial charge < -0.3 is 4.90 Å². The molecular formula is C12H17NO. The summed E-state index contributed by atoms with van der Waals surface area (Å²) in [4.78, 5) is 12.8. The van der Waals surface area contributed by atoms with Gasteiger partial charge in [-0.25, -0.2) is 0 Å². The number of carbonyl (C=O) groups excluding carboxylic acids is 1. The number of carbonyl (C=O) groups is 1. The lowest BCUT2D eigenvalue weighted by molar-refractivity contribution is 0.112. The Labute approximate surface area is 85.5 Å². The third-order valence-electron chi connectivity index (χ3n) is 2.46. The third kappa shape index (κ3) is 2.13. The molecule has 1 rings (SSSR count). The minimum absolute atomic E-state index is 0.749. The average molecular weight is 191 g/mol. The Bertz CT molecular complexity index is 316. The predicted octanol–water partition coefficient (Wildman–Crippen LogP) is 2.65. The van der Waals surface area contributed by atoms with Crippen molar-refractivity contribution in [3.05, 3.63) is 29.3 Å². The zero-order valence-electron chi connectivity index (χ0n) is 9.08. The highest BCUT2D eigenvalue weighted by molar-refractivity contribution is 5.76. The summed E-state index contributed by atoms with van der Waals surface area (Å²) in [5, 5.41) is 0. The highest BCUT2D eigenvalue weighted by Crippen LogP contribution is 2.20. The summed E-state index contributed by atoms with van der Waals surface area (Å²) < 4.78 is 0. The molecule has 0 unspecified atom stereocenters. The molecule has 0 heterocycles. The molecule has 0 saturated carbocycles. The highest BCUT2D eigenvalue weighted by Gasteiger charge is 2.05. The number of rotatable bonds is 4. The molecular weight excluding hydrogens is 174 g/mol. The molecule has 1 aromatic carbocycles. The van der Waals surface area contributed by atoms with E-state index >= 15 is 0 Å². The van der Waals surface area contributed by atoms with Crippen LogP contribution in [0.4, 0.5) is 5.69 Å². The van der Waals surface area contributed by atoms with E-state index in [9.17, 15) is 4.79 Å². The molecule has 0 N–H and O–H groups in total. The highest BCUT2D eigenvalue weighted by atomic mass is 16.1. The Balaban J connectivity index is 3.03. The van der Waals surface area contributed by atoms with Gasteiger partial charge in [-0.3, -0.25) is 4.79 Å². The van der Waals surface area contributed by atoms with Crippen LogP contribution in [0.15, 0.2) is 18.2 Å². The van der Waals surface area contributed by atoms with E-state index in [2.05, 4.69) is 18.7 Å². The van der Waals surface area contributed by atoms with E-state index in [0.717, 1.165) is 24.9 Å². The molecule has 0 aromatic heterocycles. The number of nitrogens with zero attached hydrogens (tertiary/aromatic N) is 1. The van der Waals surface area contributed by atoms with E-state index in [4.69, 9.17) is 0 Å². The number of hydrogen-bond acceptors (Lipinski definition) is 2. The molecule has 14 heavy (non-hydrogen) atoms. The molecule has 0 aliphatic rings. The maximum Gasteiger partial charge on any atom is 0.150 e. The number of hydrogen-bond donors (Lipinski definition) is 0. The molecule has 0 atom stereocenters. The van der Waals surface area contributed by atoms with Crippen LogP contribution in [0, 0.1) is 6.92 Å². The fraction of sp³-hybridized carbons (Fsp3) is 0.417. The maximum atomic E-state index is 10.6. The minimum Gasteiger partial charge on any atom is -0.372 e. The summed E-state index contributed by atoms with van der Waals surface area (Å²) in [5.41, 5.74) is 3.14. The second-order valence-corrected chi connectivity index (χ2v) is 3.34. The van der Waals surface area contributed by atoms with E-state index in [-0.39, 0.29) is 0 Å². The van der Waals surface area contributed by atoms with Crippen LogP contribution in [0.5, 0.6) is 0 Å². The van der Waals surface area contributed by atoms with Gasteiger partial charge in [-0.05, 0) is 44.5 Å². The molecule has 1 aromatic rings. The first-order chi connectivity index (χ1) is 6.72. The van der Waals surface area contributed by atoms with Crippen molar-refractivity contribution < 1.29 is 4.79 Å². The van der Waals surface area contributed by atoms with Crippen molar-refractivity contribution in [1.29, 1.82) is 0 Å². The molecule has 0 saturated heterocycles. The zero-order chi connectivity index (χ0) is 10.6. The lowest BCUT2D eigenvalue weighted by atomic mass is 10.1. The summed E-state index contributed by atoms with van der Waals surface area (Å²) in [6.07, 6.45) is 0.888. The second-order valence-electron chi connectivity index (χ2n) is 3.34. The number of aryl methyl sites for hydroxylation is 1. The van der Waals surface area contributed by atoms with Crippen molar-refractivity contribution in [2.24, 2.45) is 0 Å². The minimum atomic E-state index is 0.749. The van der Waals surface area contributed by atoms with Crippen molar-refractivity contribution in [1.82, 2.24) is 0 Å². The van der Waals surface area contributed by atoms with E-state index < -0.39 is 0 Å². The Morgan fingerprint density at radius 2 is 1.93 bits per heavy atom. The summed E-state index contributed by atoms with van der Waals surface area (Å²) in [7, 11) is 0. The van der Waals surface area contributed by atoms with Gasteiger partial charge in [0.1, 0.15) is 6.29 Å². The summed E-state index contributed by atoms with van der Waals surface area (Å²) in [6, 6.07) is 5.82. The number of aldehydes is 1. The van der Waals surface area contributed by atoms with Crippen molar-refractivity contribution in [2.45, 2.75) is 20.8 Å². The Kier molecular flexibility index (Phi) is 3.69. The van der Waals surface area contributed by atoms with Gasteiger partial charge in [-0.1, -0.05) is 0 Å². The van der Waals surface area contributed by atoms with Crippen LogP contribution >= 0.6 is 0 Å². The topological polar surface area (TPSA) is 20.3 Å². The van der Waals surface area contributed by atoms with E-state index in [1.54, 1.807) is 0 Å². The summed E-state index contributed by atoms with van der Waals surface area (Å²) >= 11 is 0. The van der Waals surface area contributed by atoms with E-state index in [1.165, 1.54) is 11.3 Å². The molecule has 0 radical (unpaired) electrons. The lowest BCUT2D eigenvalue weighted by Crippen LogP contribution is -2.22. The molecule has 0 fully saturated rings. The Morgan fingerprint density at radius 1 is 1.29 bits per heavy atom. The van der Waals surface area contributed by atoms with Crippen LogP contribution in [0.2, 0.25) is 0 Å². The Morgan fingerprint density at radius 3 is 2.36 bits per heavy atom. The van der Waals surface area contributed by atoms with Crippen LogP contribution in [0.25, 0.3) is 0 Å². The quantitative estimate of drug-likeness (QED) is 0.682. The van der Waals surface area contributed by atoms with E-state index in [1.807, 2.05) is 25.1 Å². The van der Waals surface area contributed by atoms with Gasteiger partial charge in [0.2, 0.25) is 0 Å². The molecule has 0 bridgehead atoms. The van der Waals surface area contributed by atoms with Crippen LogP contribution in [-0.2, 0) is 0 Å². The first-order valence-electron chi connectivity index (χ1n) is 5.03. The average Bonchev–Trinajstić information content (AvgIpc) is 2.22. The van der Waals surface area contributed by atoms with Crippen LogP contribution < -0.4 is 4.90 Å². The molecule has 0 spiro atoms. The van der Waals surface area contributed by atoms with Crippen molar-refractivity contribution in [2.75, 3.05) is 18.0 Å². The number of benzene rings is 1. The maximum absolute atomic E-state index is 10.6. The van der Waals surface area contributed by atoms with Gasteiger partial charge in [0, 0.05) is 24.3 Å². The van der Waals surface area contributed by atoms with Crippen molar-refractivity contribution >= 4 is 12.0 Å². The van der Waals surface area contributed by atoms with Gasteiger partial charge in [0.25, 0.3) is 0 Å². The summed E-state index contributed by atoms with van der Waals surface area (Å²) in [5.74, 6) is 0. The smallest absolute Gasteiger partial charge is 0.150 e. The third-order valence-corrected chi connectivity index (χ3v) is 2.46. The predicted molar refractivity (Wildman–Crippen MR) is 60.1 cm³/mol. The summed E-state index contributed by atoms with van der Waals surface area (Å²) in [6.45, 7) is 8.31. The standard InChI is InChI=1S/C12H17NO/c1-4-13(5-2)12-7-6-11(9-14)8-10(12)3/h6-9H,4-5H2,1-3H3. The van der Waals surface area contributed by atoms with Gasteiger partial charge in [0.15, 0.2) is 0 Å². The van der Waals surface area contributed by atoms with Crippen LogP contribution in [0.1, 0.15) is 29.8 Å². The largest absolute Gasteiger partial charge is 0.372 e. The van der Waals surface area contributed by atoms with Crippen molar-refractivity contribution in [3.63, 3.8) is 0 Å². The molecule has 2 heteroatoms. The van der Waals surface area contributed by atoms with Gasteiger partial charge >= 0.3 is 0 Å². The monoisotopic (exact) mass is 191 g/mol. The molecule has 0 amide bonds. The molecule has 0 aliphatic heterocycles. The van der Waals surface area contributed by atoms with Gasteiger partial charge in [0.05, 0.1) is 0 Å². The number of anilines is 1. The first-order valence-corrected chi connectivity index (χ1v) is 5.03. The first kappa shape index (κ1) is 10.8. The molecule has 0 aliphatic carbocycles. The molecule has 76 valence electrons. The van der Waals surface area contributed by atoms with Crippen LogP contribution in [-0.4, -0.2) is 19.4 Å². The lowest BCUT2D eigenvalue weighted by Gasteiger charge is -2.23. The SMILES string of the molecule is CCN(CC)c1ccc(C=O)cc1C. The fourth-order valence-electron chi connectivity index (χ4n) is 1.67. The van der Waals surface area contributed by atoms with Crippen molar-refractivity contribution in [3.8, 4) is 0 Å². The molecule has 2 nitrogen and oxygen atoms in total. The van der Waals surface area contributed by atoms with Crippen LogP contribution in [0.3, 0.4) is 0 Å². The zero-order valence-corrected chi connectivity index (χ0v) is 9.08. The Hall–Kier alpha value is -1.31. The van der Waals surface area contributed by atoms with Gasteiger partial charge in [-0.2, -0.15) is 0 Å². The van der Waals surface area contributed by atoms with Gasteiger partial charge in [-0.15, -0.1) is 0 Å². The fourth-order valence-corrected chi connectivity index (χ4v) is 1.67. The normalized spacial score (nSPS) is 9.93. The second kappa shape index (κ2) is 4.80.